The van der Waals surface area contributed by atoms with E-state index >= 15 is 0 Å². The van der Waals surface area contributed by atoms with Crippen molar-refractivity contribution in [3.63, 3.8) is 0 Å². The molecule has 32 heavy (non-hydrogen) atoms. The fraction of sp³-hybridized carbons (Fsp3) is 0.500. The first-order valence-electron chi connectivity index (χ1n) is 11.4. The van der Waals surface area contributed by atoms with Crippen LogP contribution in [0.25, 0.3) is 0 Å². The van der Waals surface area contributed by atoms with Gasteiger partial charge in [-0.05, 0) is 52.9 Å². The number of nitrogens with zero attached hydrogens (tertiary/aromatic N) is 2. The maximum Gasteiger partial charge on any atom is 0.169 e. The average molecular weight is 456 g/mol. The lowest BCUT2D eigenvalue weighted by Gasteiger charge is -2.36. The minimum Gasteiger partial charge on any atom is -0.493 e. The maximum atomic E-state index is 5.65. The Morgan fingerprint density at radius 1 is 0.906 bits per heavy atom. The van der Waals surface area contributed by atoms with E-state index in [1.807, 2.05) is 12.1 Å². The number of piperazine rings is 1. The van der Waals surface area contributed by atoms with Crippen molar-refractivity contribution in [1.82, 2.24) is 15.1 Å². The maximum absolute atomic E-state index is 5.65. The molecule has 1 saturated heterocycles. The zero-order chi connectivity index (χ0) is 23.1. The summed E-state index contributed by atoms with van der Waals surface area (Å²) in [5.41, 5.74) is 4.16. The molecule has 6 heteroatoms. The van der Waals surface area contributed by atoms with Crippen molar-refractivity contribution in [1.29, 1.82) is 0 Å². The van der Waals surface area contributed by atoms with Crippen molar-refractivity contribution >= 4 is 17.3 Å². The zero-order valence-electron chi connectivity index (χ0n) is 20.1. The van der Waals surface area contributed by atoms with Crippen LogP contribution in [-0.4, -0.2) is 61.9 Å². The van der Waals surface area contributed by atoms with Gasteiger partial charge in [-0.15, -0.1) is 0 Å². The quantitative estimate of drug-likeness (QED) is 0.630. The van der Waals surface area contributed by atoms with E-state index in [1.165, 1.54) is 16.7 Å². The molecule has 2 aromatic carbocycles. The first-order valence-corrected chi connectivity index (χ1v) is 11.8. The van der Waals surface area contributed by atoms with Crippen molar-refractivity contribution in [2.45, 2.75) is 39.2 Å². The van der Waals surface area contributed by atoms with Crippen LogP contribution >= 0.6 is 12.2 Å². The number of ether oxygens (including phenoxy) is 2. The summed E-state index contributed by atoms with van der Waals surface area (Å²) < 4.78 is 10.7. The molecule has 0 unspecified atom stereocenters. The molecule has 0 saturated carbocycles. The summed E-state index contributed by atoms with van der Waals surface area (Å²) in [7, 11) is 3.31. The second-order valence-corrected chi connectivity index (χ2v) is 9.77. The highest BCUT2D eigenvalue weighted by molar-refractivity contribution is 7.80. The van der Waals surface area contributed by atoms with Crippen LogP contribution in [0, 0.1) is 0 Å². The van der Waals surface area contributed by atoms with Crippen molar-refractivity contribution in [2.24, 2.45) is 0 Å². The van der Waals surface area contributed by atoms with Crippen LogP contribution in [-0.2, 0) is 18.4 Å². The molecular formula is C26H37N3O2S. The molecule has 0 aromatic heterocycles. The van der Waals surface area contributed by atoms with E-state index in [4.69, 9.17) is 21.7 Å². The summed E-state index contributed by atoms with van der Waals surface area (Å²) >= 11 is 5.65. The number of thiocarbonyl (C=S) groups is 1. The van der Waals surface area contributed by atoms with Crippen LogP contribution < -0.4 is 14.8 Å². The van der Waals surface area contributed by atoms with Gasteiger partial charge < -0.3 is 19.7 Å². The van der Waals surface area contributed by atoms with Gasteiger partial charge in [0.15, 0.2) is 16.6 Å². The van der Waals surface area contributed by atoms with Gasteiger partial charge >= 0.3 is 0 Å². The Balaban J connectivity index is 1.41. The molecule has 174 valence electrons. The van der Waals surface area contributed by atoms with Crippen LogP contribution in [0.2, 0.25) is 0 Å². The van der Waals surface area contributed by atoms with Crippen LogP contribution in [0.1, 0.15) is 37.5 Å². The SMILES string of the molecule is COc1ccc(CCNC(=S)N2CCN(Cc3ccc(C(C)(C)C)cc3)CC2)cc1OC. The van der Waals surface area contributed by atoms with E-state index in [-0.39, 0.29) is 5.41 Å². The van der Waals surface area contributed by atoms with Gasteiger partial charge in [0.05, 0.1) is 14.2 Å². The van der Waals surface area contributed by atoms with Crippen molar-refractivity contribution in [3.05, 3.63) is 59.2 Å². The number of hydrogen-bond acceptors (Lipinski definition) is 4. The third-order valence-corrected chi connectivity index (χ3v) is 6.43. The summed E-state index contributed by atoms with van der Waals surface area (Å²) in [5.74, 6) is 1.51. The standard InChI is InChI=1S/C26H37N3O2S/c1-26(2,3)22-9-6-21(7-10-22)19-28-14-16-29(17-15-28)25(32)27-13-12-20-8-11-23(30-4)24(18-20)31-5/h6-11,18H,12-17,19H2,1-5H3,(H,27,32). The first kappa shape index (κ1) is 24.3. The highest BCUT2D eigenvalue weighted by Gasteiger charge is 2.19. The molecule has 2 aromatic rings. The Hall–Kier alpha value is -2.31. The Kier molecular flexibility index (Phi) is 8.38. The van der Waals surface area contributed by atoms with E-state index in [9.17, 15) is 0 Å². The summed E-state index contributed by atoms with van der Waals surface area (Å²) in [6, 6.07) is 15.1. The van der Waals surface area contributed by atoms with Crippen LogP contribution in [0.5, 0.6) is 11.5 Å². The van der Waals surface area contributed by atoms with E-state index in [0.717, 1.165) is 62.3 Å². The average Bonchev–Trinajstić information content (AvgIpc) is 2.79. The minimum atomic E-state index is 0.201. The van der Waals surface area contributed by atoms with Crippen molar-refractivity contribution in [3.8, 4) is 11.5 Å². The molecule has 1 heterocycles. The lowest BCUT2D eigenvalue weighted by atomic mass is 9.87. The predicted octanol–water partition coefficient (Wildman–Crippen LogP) is 4.24. The minimum absolute atomic E-state index is 0.201. The smallest absolute Gasteiger partial charge is 0.169 e. The van der Waals surface area contributed by atoms with E-state index in [2.05, 4.69) is 66.2 Å². The number of methoxy groups -OCH3 is 2. The normalized spacial score (nSPS) is 14.8. The largest absolute Gasteiger partial charge is 0.493 e. The van der Waals surface area contributed by atoms with Crippen molar-refractivity contribution in [2.75, 3.05) is 46.9 Å². The Labute approximate surface area is 198 Å². The highest BCUT2D eigenvalue weighted by Crippen LogP contribution is 2.27. The van der Waals surface area contributed by atoms with Gasteiger partial charge in [-0.25, -0.2) is 0 Å². The van der Waals surface area contributed by atoms with Gasteiger partial charge in [-0.2, -0.15) is 0 Å². The third-order valence-electron chi connectivity index (χ3n) is 6.02. The molecule has 1 fully saturated rings. The second kappa shape index (κ2) is 11.0. The fourth-order valence-corrected chi connectivity index (χ4v) is 4.22. The number of rotatable bonds is 7. The van der Waals surface area contributed by atoms with Gasteiger partial charge in [0.25, 0.3) is 0 Å². The van der Waals surface area contributed by atoms with Gasteiger partial charge in [0, 0.05) is 39.3 Å². The molecule has 0 atom stereocenters. The molecule has 1 aliphatic rings. The number of benzene rings is 2. The molecule has 0 amide bonds. The Bertz CT molecular complexity index is 885. The monoisotopic (exact) mass is 455 g/mol. The summed E-state index contributed by atoms with van der Waals surface area (Å²) in [5, 5.41) is 4.27. The lowest BCUT2D eigenvalue weighted by Crippen LogP contribution is -2.51. The molecular weight excluding hydrogens is 418 g/mol. The summed E-state index contributed by atoms with van der Waals surface area (Å²) in [6.45, 7) is 12.5. The van der Waals surface area contributed by atoms with E-state index in [1.54, 1.807) is 14.2 Å². The molecule has 1 N–H and O–H groups in total. The second-order valence-electron chi connectivity index (χ2n) is 9.38. The molecule has 5 nitrogen and oxygen atoms in total. The summed E-state index contributed by atoms with van der Waals surface area (Å²) in [4.78, 5) is 4.79. The molecule has 0 aliphatic carbocycles. The molecule has 0 bridgehead atoms. The van der Waals surface area contributed by atoms with Gasteiger partial charge in [0.2, 0.25) is 0 Å². The van der Waals surface area contributed by atoms with Gasteiger partial charge in [0.1, 0.15) is 0 Å². The first-order chi connectivity index (χ1) is 15.3. The third kappa shape index (κ3) is 6.59. The van der Waals surface area contributed by atoms with E-state index in [0.29, 0.717) is 0 Å². The fourth-order valence-electron chi connectivity index (χ4n) is 3.94. The van der Waals surface area contributed by atoms with Crippen molar-refractivity contribution < 1.29 is 9.47 Å². The molecule has 0 radical (unpaired) electrons. The predicted molar refractivity (Wildman–Crippen MR) is 136 cm³/mol. The lowest BCUT2D eigenvalue weighted by molar-refractivity contribution is 0.174. The Morgan fingerprint density at radius 3 is 2.12 bits per heavy atom. The zero-order valence-corrected chi connectivity index (χ0v) is 20.9. The van der Waals surface area contributed by atoms with Gasteiger partial charge in [-0.1, -0.05) is 51.1 Å². The van der Waals surface area contributed by atoms with Crippen LogP contribution in [0.3, 0.4) is 0 Å². The molecule has 1 aliphatic heterocycles. The topological polar surface area (TPSA) is 37.0 Å². The number of nitrogens with one attached hydrogen (secondary N) is 1. The van der Waals surface area contributed by atoms with Crippen LogP contribution in [0.4, 0.5) is 0 Å². The molecule has 3 rings (SSSR count). The van der Waals surface area contributed by atoms with Crippen LogP contribution in [0.15, 0.2) is 42.5 Å². The highest BCUT2D eigenvalue weighted by atomic mass is 32.1. The molecule has 0 spiro atoms. The number of hydrogen-bond donors (Lipinski definition) is 1. The Morgan fingerprint density at radius 2 is 1.53 bits per heavy atom. The van der Waals surface area contributed by atoms with E-state index < -0.39 is 0 Å². The van der Waals surface area contributed by atoms with Gasteiger partial charge in [-0.3, -0.25) is 4.90 Å². The summed E-state index contributed by atoms with van der Waals surface area (Å²) in [6.07, 6.45) is 0.880.